The molecule has 2 aliphatic heterocycles. The number of rotatable bonds is 8. The molecule has 11 heteroatoms. The van der Waals surface area contributed by atoms with E-state index >= 15 is 0 Å². The number of aromatic nitrogens is 3. The van der Waals surface area contributed by atoms with Gasteiger partial charge in [0.2, 0.25) is 5.95 Å². The van der Waals surface area contributed by atoms with E-state index in [4.69, 9.17) is 0 Å². The average Bonchev–Trinajstić information content (AvgIpc) is 2.93. The summed E-state index contributed by atoms with van der Waals surface area (Å²) in [6.07, 6.45) is 4.48. The molecule has 0 atom stereocenters. The van der Waals surface area contributed by atoms with Crippen molar-refractivity contribution in [3.05, 3.63) is 65.9 Å². The number of nitrogens with zero attached hydrogens (tertiary/aromatic N) is 7. The molecule has 2 aromatic heterocycles. The molecule has 0 radical (unpaired) electrons. The van der Waals surface area contributed by atoms with Crippen LogP contribution in [-0.2, 0) is 6.54 Å². The van der Waals surface area contributed by atoms with Gasteiger partial charge in [0.1, 0.15) is 0 Å². The van der Waals surface area contributed by atoms with Crippen LogP contribution in [-0.4, -0.2) is 90.4 Å². The highest BCUT2D eigenvalue weighted by molar-refractivity contribution is 5.79. The second-order valence-corrected chi connectivity index (χ2v) is 9.34. The Labute approximate surface area is 216 Å². The largest absolute Gasteiger partial charge is 0.355 e. The fourth-order valence-electron chi connectivity index (χ4n) is 4.39. The van der Waals surface area contributed by atoms with Crippen molar-refractivity contribution in [2.45, 2.75) is 6.54 Å². The van der Waals surface area contributed by atoms with Gasteiger partial charge in [0.25, 0.3) is 0 Å². The van der Waals surface area contributed by atoms with Gasteiger partial charge in [-0.15, -0.1) is 0 Å². The van der Waals surface area contributed by atoms with Crippen LogP contribution in [0.1, 0.15) is 11.3 Å². The summed E-state index contributed by atoms with van der Waals surface area (Å²) in [5.74, 6) is 0.0782. The fourth-order valence-corrected chi connectivity index (χ4v) is 4.39. The highest BCUT2D eigenvalue weighted by Crippen LogP contribution is 2.19. The van der Waals surface area contributed by atoms with Gasteiger partial charge < -0.3 is 20.4 Å². The SMILES string of the molecule is CN1CCN(Cc2ccc(Nc3ccnc(/C=N/Nc4ncc(F)c(N5CCNCC5)n4)c3)cc2)CC1. The number of hydrogen-bond acceptors (Lipinski definition) is 10. The standard InChI is InChI=1S/C26H33FN10/c1-35-12-14-36(15-13-35)19-20-2-4-21(5-3-20)32-22-6-7-29-23(16-22)17-31-34-26-30-18-24(27)25(33-26)37-10-8-28-9-11-37/h2-7,16-18,28H,8-15,19H2,1H3,(H,29,32)(H,30,33,34)/b31-17+. The monoisotopic (exact) mass is 504 g/mol. The lowest BCUT2D eigenvalue weighted by molar-refractivity contribution is 0.148. The minimum absolute atomic E-state index is 0.233. The number of hydrazone groups is 1. The Morgan fingerprint density at radius 3 is 2.57 bits per heavy atom. The molecular formula is C26H33FN10. The Bertz CT molecular complexity index is 1190. The van der Waals surface area contributed by atoms with Gasteiger partial charge in [0.15, 0.2) is 11.6 Å². The van der Waals surface area contributed by atoms with Crippen LogP contribution in [0.15, 0.2) is 53.9 Å². The molecule has 37 heavy (non-hydrogen) atoms. The fraction of sp³-hybridized carbons (Fsp3) is 0.385. The molecule has 2 saturated heterocycles. The summed E-state index contributed by atoms with van der Waals surface area (Å²) < 4.78 is 14.2. The van der Waals surface area contributed by atoms with E-state index in [1.165, 1.54) is 11.8 Å². The number of piperazine rings is 2. The van der Waals surface area contributed by atoms with E-state index < -0.39 is 5.82 Å². The molecule has 0 bridgehead atoms. The highest BCUT2D eigenvalue weighted by Gasteiger charge is 2.17. The van der Waals surface area contributed by atoms with Gasteiger partial charge in [-0.3, -0.25) is 9.88 Å². The van der Waals surface area contributed by atoms with E-state index in [1.54, 1.807) is 12.4 Å². The molecule has 5 rings (SSSR count). The minimum Gasteiger partial charge on any atom is -0.355 e. The zero-order chi connectivity index (χ0) is 25.5. The van der Waals surface area contributed by atoms with Gasteiger partial charge in [0.05, 0.1) is 18.1 Å². The Morgan fingerprint density at radius 1 is 1.00 bits per heavy atom. The van der Waals surface area contributed by atoms with Crippen molar-refractivity contribution < 1.29 is 4.39 Å². The number of hydrogen-bond donors (Lipinski definition) is 3. The number of pyridine rings is 1. The normalized spacial score (nSPS) is 17.3. The molecule has 1 aromatic carbocycles. The van der Waals surface area contributed by atoms with E-state index in [9.17, 15) is 4.39 Å². The summed E-state index contributed by atoms with van der Waals surface area (Å²) >= 11 is 0. The number of nitrogens with one attached hydrogen (secondary N) is 3. The van der Waals surface area contributed by atoms with Crippen LogP contribution in [0, 0.1) is 5.82 Å². The molecule has 0 aliphatic carbocycles. The van der Waals surface area contributed by atoms with Crippen LogP contribution in [0.5, 0.6) is 0 Å². The van der Waals surface area contributed by atoms with E-state index in [2.05, 4.69) is 77.2 Å². The first kappa shape index (κ1) is 25.0. The number of halogens is 1. The van der Waals surface area contributed by atoms with Crippen LogP contribution >= 0.6 is 0 Å². The third kappa shape index (κ3) is 6.97. The van der Waals surface area contributed by atoms with E-state index in [-0.39, 0.29) is 11.8 Å². The van der Waals surface area contributed by atoms with Crippen LogP contribution in [0.4, 0.5) is 27.5 Å². The molecule has 10 nitrogen and oxygen atoms in total. The summed E-state index contributed by atoms with van der Waals surface area (Å²) in [5, 5.41) is 10.9. The lowest BCUT2D eigenvalue weighted by Crippen LogP contribution is -2.44. The number of likely N-dealkylation sites (N-methyl/N-ethyl adjacent to an activating group) is 1. The van der Waals surface area contributed by atoms with Gasteiger partial charge in [-0.05, 0) is 36.9 Å². The molecule has 3 N–H and O–H groups in total. The second-order valence-electron chi connectivity index (χ2n) is 9.34. The van der Waals surface area contributed by atoms with Gasteiger partial charge in [-0.2, -0.15) is 10.1 Å². The average molecular weight is 505 g/mol. The van der Waals surface area contributed by atoms with E-state index in [0.29, 0.717) is 18.8 Å². The smallest absolute Gasteiger partial charge is 0.245 e. The second kappa shape index (κ2) is 12.0. The van der Waals surface area contributed by atoms with Crippen molar-refractivity contribution >= 4 is 29.4 Å². The molecular weight excluding hydrogens is 471 g/mol. The lowest BCUT2D eigenvalue weighted by Gasteiger charge is -2.32. The Balaban J connectivity index is 1.16. The lowest BCUT2D eigenvalue weighted by atomic mass is 10.1. The predicted octanol–water partition coefficient (Wildman–Crippen LogP) is 2.36. The van der Waals surface area contributed by atoms with Crippen molar-refractivity contribution in [1.82, 2.24) is 30.1 Å². The molecule has 0 saturated carbocycles. The molecule has 4 heterocycles. The maximum Gasteiger partial charge on any atom is 0.245 e. The Kier molecular flexibility index (Phi) is 8.14. The van der Waals surface area contributed by atoms with Gasteiger partial charge in [0, 0.05) is 76.5 Å². The zero-order valence-electron chi connectivity index (χ0n) is 21.1. The van der Waals surface area contributed by atoms with E-state index in [0.717, 1.165) is 57.2 Å². The maximum atomic E-state index is 14.2. The molecule has 0 amide bonds. The van der Waals surface area contributed by atoms with Crippen LogP contribution in [0.3, 0.4) is 0 Å². The van der Waals surface area contributed by atoms with Crippen molar-refractivity contribution in [3.63, 3.8) is 0 Å². The van der Waals surface area contributed by atoms with Crippen LogP contribution in [0.25, 0.3) is 0 Å². The first-order valence-electron chi connectivity index (χ1n) is 12.6. The third-order valence-corrected chi connectivity index (χ3v) is 6.53. The number of anilines is 4. The van der Waals surface area contributed by atoms with Crippen LogP contribution < -0.4 is 21.0 Å². The summed E-state index contributed by atoms with van der Waals surface area (Å²) in [6.45, 7) is 8.41. The van der Waals surface area contributed by atoms with Gasteiger partial charge in [-0.1, -0.05) is 12.1 Å². The summed E-state index contributed by atoms with van der Waals surface area (Å²) in [6, 6.07) is 12.4. The van der Waals surface area contributed by atoms with Crippen molar-refractivity contribution in [1.29, 1.82) is 0 Å². The van der Waals surface area contributed by atoms with Gasteiger partial charge in [-0.25, -0.2) is 14.8 Å². The summed E-state index contributed by atoms with van der Waals surface area (Å²) in [5.41, 5.74) is 6.67. The van der Waals surface area contributed by atoms with E-state index in [1.807, 2.05) is 17.0 Å². The minimum atomic E-state index is -0.441. The molecule has 0 spiro atoms. The molecule has 2 aliphatic rings. The number of benzene rings is 1. The van der Waals surface area contributed by atoms with Crippen molar-refractivity contribution in [3.8, 4) is 0 Å². The molecule has 2 fully saturated rings. The van der Waals surface area contributed by atoms with Crippen molar-refractivity contribution in [2.75, 3.05) is 75.0 Å². The Morgan fingerprint density at radius 2 is 1.78 bits per heavy atom. The summed E-state index contributed by atoms with van der Waals surface area (Å²) in [4.78, 5) is 19.4. The Hall–Kier alpha value is -3.67. The maximum absolute atomic E-state index is 14.2. The first-order chi connectivity index (χ1) is 18.1. The first-order valence-corrected chi connectivity index (χ1v) is 12.6. The topological polar surface area (TPSA) is 96.8 Å². The summed E-state index contributed by atoms with van der Waals surface area (Å²) in [7, 11) is 2.18. The quantitative estimate of drug-likeness (QED) is 0.316. The van der Waals surface area contributed by atoms with Crippen molar-refractivity contribution in [2.24, 2.45) is 5.10 Å². The molecule has 0 unspecified atom stereocenters. The predicted molar refractivity (Wildman–Crippen MR) is 145 cm³/mol. The third-order valence-electron chi connectivity index (χ3n) is 6.53. The molecule has 3 aromatic rings. The van der Waals surface area contributed by atoms with Gasteiger partial charge >= 0.3 is 0 Å². The molecule has 194 valence electrons. The highest BCUT2D eigenvalue weighted by atomic mass is 19.1. The van der Waals surface area contributed by atoms with Crippen LogP contribution in [0.2, 0.25) is 0 Å². The zero-order valence-corrected chi connectivity index (χ0v) is 21.1.